The van der Waals surface area contributed by atoms with Crippen LogP contribution in [0.5, 0.6) is 0 Å². The molecule has 1 aliphatic carbocycles. The first kappa shape index (κ1) is 17.3. The number of aromatic amines is 1. The maximum Gasteiger partial charge on any atom is 0.315 e. The number of carbonyl (C=O) groups is 2. The summed E-state index contributed by atoms with van der Waals surface area (Å²) in [5, 5.41) is 16.1. The molecule has 6 nitrogen and oxygen atoms in total. The topological polar surface area (TPSA) is 94.2 Å². The van der Waals surface area contributed by atoms with E-state index in [9.17, 15) is 9.59 Å². The molecule has 1 aliphatic rings. The molecule has 1 heterocycles. The standard InChI is InChI=1S/C19H25N3O3/c1-12-3-2-4-16-17(12)14(11-21-16)9-10-20-19(25)22-15-7-5-13(6-8-15)18(23)24/h2-4,11,13,15,21H,5-10H2,1H3,(H,23,24)(H2,20,22,25). The van der Waals surface area contributed by atoms with Crippen LogP contribution in [0.25, 0.3) is 10.9 Å². The van der Waals surface area contributed by atoms with Crippen LogP contribution in [0.1, 0.15) is 36.8 Å². The van der Waals surface area contributed by atoms with E-state index in [0.29, 0.717) is 19.4 Å². The second-order valence-electron chi connectivity index (χ2n) is 6.85. The highest BCUT2D eigenvalue weighted by Gasteiger charge is 2.26. The maximum atomic E-state index is 12.0. The van der Waals surface area contributed by atoms with Crippen LogP contribution >= 0.6 is 0 Å². The number of nitrogens with one attached hydrogen (secondary N) is 3. The van der Waals surface area contributed by atoms with Gasteiger partial charge in [-0.1, -0.05) is 12.1 Å². The van der Waals surface area contributed by atoms with Gasteiger partial charge in [0, 0.05) is 29.7 Å². The largest absolute Gasteiger partial charge is 0.481 e. The lowest BCUT2D eigenvalue weighted by atomic mass is 9.86. The normalized spacial score (nSPS) is 20.4. The lowest BCUT2D eigenvalue weighted by Crippen LogP contribution is -2.44. The van der Waals surface area contributed by atoms with Gasteiger partial charge in [-0.25, -0.2) is 4.79 Å². The fraction of sp³-hybridized carbons (Fsp3) is 0.474. The molecule has 0 spiro atoms. The average molecular weight is 343 g/mol. The van der Waals surface area contributed by atoms with Crippen LogP contribution in [0.3, 0.4) is 0 Å². The Kier molecular flexibility index (Phi) is 5.26. The molecule has 1 saturated carbocycles. The van der Waals surface area contributed by atoms with E-state index in [0.717, 1.165) is 24.8 Å². The first-order valence-corrected chi connectivity index (χ1v) is 8.87. The van der Waals surface area contributed by atoms with E-state index in [-0.39, 0.29) is 18.0 Å². The Morgan fingerprint density at radius 3 is 2.72 bits per heavy atom. The van der Waals surface area contributed by atoms with Crippen molar-refractivity contribution in [2.75, 3.05) is 6.54 Å². The molecular weight excluding hydrogens is 318 g/mol. The third-order valence-corrected chi connectivity index (χ3v) is 5.09. The number of benzene rings is 1. The third-order valence-electron chi connectivity index (χ3n) is 5.09. The van der Waals surface area contributed by atoms with Gasteiger partial charge < -0.3 is 20.7 Å². The molecule has 1 fully saturated rings. The van der Waals surface area contributed by atoms with E-state index in [1.165, 1.54) is 16.5 Å². The first-order chi connectivity index (χ1) is 12.0. The van der Waals surface area contributed by atoms with Crippen LogP contribution in [0.2, 0.25) is 0 Å². The number of aliphatic carboxylic acids is 1. The molecule has 0 bridgehead atoms. The van der Waals surface area contributed by atoms with E-state index in [4.69, 9.17) is 5.11 Å². The maximum absolute atomic E-state index is 12.0. The summed E-state index contributed by atoms with van der Waals surface area (Å²) in [5.74, 6) is -0.983. The van der Waals surface area contributed by atoms with Crippen molar-refractivity contribution in [2.24, 2.45) is 5.92 Å². The number of aryl methyl sites for hydroxylation is 1. The highest BCUT2D eigenvalue weighted by Crippen LogP contribution is 2.24. The van der Waals surface area contributed by atoms with Gasteiger partial charge >= 0.3 is 12.0 Å². The number of aromatic nitrogens is 1. The van der Waals surface area contributed by atoms with Crippen molar-refractivity contribution in [3.63, 3.8) is 0 Å². The Morgan fingerprint density at radius 2 is 2.00 bits per heavy atom. The Balaban J connectivity index is 1.44. The minimum atomic E-state index is -0.725. The molecule has 25 heavy (non-hydrogen) atoms. The minimum Gasteiger partial charge on any atom is -0.481 e. The van der Waals surface area contributed by atoms with Gasteiger partial charge in [0.2, 0.25) is 0 Å². The number of H-pyrrole nitrogens is 1. The monoisotopic (exact) mass is 343 g/mol. The van der Waals surface area contributed by atoms with Gasteiger partial charge in [-0.2, -0.15) is 0 Å². The van der Waals surface area contributed by atoms with Gasteiger partial charge in [0.05, 0.1) is 5.92 Å². The number of hydrogen-bond acceptors (Lipinski definition) is 2. The van der Waals surface area contributed by atoms with Crippen LogP contribution in [-0.2, 0) is 11.2 Å². The van der Waals surface area contributed by atoms with Crippen LogP contribution in [0.4, 0.5) is 4.79 Å². The number of fused-ring (bicyclic) bond motifs is 1. The Morgan fingerprint density at radius 1 is 1.24 bits per heavy atom. The minimum absolute atomic E-state index is 0.0749. The molecule has 6 heteroatoms. The lowest BCUT2D eigenvalue weighted by molar-refractivity contribution is -0.142. The zero-order chi connectivity index (χ0) is 17.8. The molecular formula is C19H25N3O3. The SMILES string of the molecule is Cc1cccc2[nH]cc(CCNC(=O)NC3CCC(C(=O)O)CC3)c12. The molecule has 1 aromatic carbocycles. The van der Waals surface area contributed by atoms with E-state index in [1.807, 2.05) is 12.3 Å². The van der Waals surface area contributed by atoms with Crippen LogP contribution < -0.4 is 10.6 Å². The second kappa shape index (κ2) is 7.59. The van der Waals surface area contributed by atoms with Crippen molar-refractivity contribution in [1.29, 1.82) is 0 Å². The quantitative estimate of drug-likeness (QED) is 0.672. The smallest absolute Gasteiger partial charge is 0.315 e. The number of amides is 2. The van der Waals surface area contributed by atoms with Gasteiger partial charge in [0.15, 0.2) is 0 Å². The number of carboxylic acid groups (broad SMARTS) is 1. The van der Waals surface area contributed by atoms with Gasteiger partial charge in [0.25, 0.3) is 0 Å². The van der Waals surface area contributed by atoms with Gasteiger partial charge in [0.1, 0.15) is 0 Å². The fourth-order valence-electron chi connectivity index (χ4n) is 3.68. The third kappa shape index (κ3) is 4.13. The highest BCUT2D eigenvalue weighted by atomic mass is 16.4. The molecule has 1 aromatic heterocycles. The summed E-state index contributed by atoms with van der Waals surface area (Å²) >= 11 is 0. The Labute approximate surface area is 147 Å². The fourth-order valence-corrected chi connectivity index (χ4v) is 3.68. The van der Waals surface area contributed by atoms with E-state index in [1.54, 1.807) is 0 Å². The van der Waals surface area contributed by atoms with Crippen molar-refractivity contribution >= 4 is 22.9 Å². The van der Waals surface area contributed by atoms with E-state index in [2.05, 4.69) is 34.7 Å². The van der Waals surface area contributed by atoms with Crippen molar-refractivity contribution in [2.45, 2.75) is 45.1 Å². The molecule has 2 amide bonds. The summed E-state index contributed by atoms with van der Waals surface area (Å²) in [4.78, 5) is 26.3. The summed E-state index contributed by atoms with van der Waals surface area (Å²) in [6.45, 7) is 2.66. The summed E-state index contributed by atoms with van der Waals surface area (Å²) < 4.78 is 0. The predicted octanol–water partition coefficient (Wildman–Crippen LogP) is 2.96. The van der Waals surface area contributed by atoms with E-state index < -0.39 is 5.97 Å². The van der Waals surface area contributed by atoms with Crippen LogP contribution in [0, 0.1) is 12.8 Å². The van der Waals surface area contributed by atoms with E-state index >= 15 is 0 Å². The number of carboxylic acids is 1. The predicted molar refractivity (Wildman–Crippen MR) is 96.7 cm³/mol. The number of urea groups is 1. The van der Waals surface area contributed by atoms with Gasteiger partial charge in [-0.15, -0.1) is 0 Å². The van der Waals surface area contributed by atoms with Gasteiger partial charge in [-0.05, 0) is 56.2 Å². The summed E-state index contributed by atoms with van der Waals surface area (Å²) in [5.41, 5.74) is 3.55. The van der Waals surface area contributed by atoms with Crippen molar-refractivity contribution < 1.29 is 14.7 Å². The first-order valence-electron chi connectivity index (χ1n) is 8.87. The summed E-state index contributed by atoms with van der Waals surface area (Å²) in [6.07, 6.45) is 5.50. The van der Waals surface area contributed by atoms with Crippen molar-refractivity contribution in [3.05, 3.63) is 35.5 Å². The second-order valence-corrected chi connectivity index (χ2v) is 6.85. The highest BCUT2D eigenvalue weighted by molar-refractivity contribution is 5.86. The molecule has 3 rings (SSSR count). The molecule has 0 atom stereocenters. The van der Waals surface area contributed by atoms with Crippen LogP contribution in [0.15, 0.2) is 24.4 Å². The zero-order valence-electron chi connectivity index (χ0n) is 14.5. The van der Waals surface area contributed by atoms with Gasteiger partial charge in [-0.3, -0.25) is 4.79 Å². The summed E-state index contributed by atoms with van der Waals surface area (Å²) in [6, 6.07) is 6.08. The molecule has 0 unspecified atom stereocenters. The number of carbonyl (C=O) groups excluding carboxylic acids is 1. The van der Waals surface area contributed by atoms with Crippen LogP contribution in [-0.4, -0.2) is 34.7 Å². The Hall–Kier alpha value is -2.50. The number of rotatable bonds is 5. The average Bonchev–Trinajstić information content (AvgIpc) is 3.00. The molecule has 0 saturated heterocycles. The Bertz CT molecular complexity index is 760. The molecule has 134 valence electrons. The summed E-state index contributed by atoms with van der Waals surface area (Å²) in [7, 11) is 0. The lowest BCUT2D eigenvalue weighted by Gasteiger charge is -2.26. The van der Waals surface area contributed by atoms with Crippen molar-refractivity contribution in [1.82, 2.24) is 15.6 Å². The van der Waals surface area contributed by atoms with Crippen molar-refractivity contribution in [3.8, 4) is 0 Å². The molecule has 0 aliphatic heterocycles. The zero-order valence-corrected chi connectivity index (χ0v) is 14.5. The molecule has 4 N–H and O–H groups in total. The molecule has 2 aromatic rings. The molecule has 0 radical (unpaired) electrons. The number of hydrogen-bond donors (Lipinski definition) is 4.